The minimum atomic E-state index is -8.55. The van der Waals surface area contributed by atoms with E-state index in [0.29, 0.717) is 0 Å². The van der Waals surface area contributed by atoms with Crippen LogP contribution >= 0.6 is 11.3 Å². The molecular weight excluding hydrogens is 536 g/mol. The first-order valence-corrected chi connectivity index (χ1v) is 8.38. The van der Waals surface area contributed by atoms with Crippen molar-refractivity contribution in [2.75, 3.05) is 5.32 Å². The second-order valence-electron chi connectivity index (χ2n) is 6.12. The van der Waals surface area contributed by atoms with E-state index in [4.69, 9.17) is 0 Å². The summed E-state index contributed by atoms with van der Waals surface area (Å²) in [6.07, 6.45) is -5.92. The van der Waals surface area contributed by atoms with E-state index < -0.39 is 58.9 Å². The first-order valence-electron chi connectivity index (χ1n) is 7.50. The van der Waals surface area contributed by atoms with Gasteiger partial charge in [0.15, 0.2) is 5.13 Å². The Morgan fingerprint density at radius 3 is 1.55 bits per heavy atom. The molecule has 0 radical (unpaired) electrons. The minimum Gasteiger partial charge on any atom is -0.296 e. The summed E-state index contributed by atoms with van der Waals surface area (Å²) in [5, 5.41) is 0.688. The van der Waals surface area contributed by atoms with E-state index in [1.807, 2.05) is 0 Å². The molecule has 1 aromatic rings. The monoisotopic (exact) mass is 542 g/mol. The summed E-state index contributed by atoms with van der Waals surface area (Å²) in [6, 6.07) is 0. The third kappa shape index (κ3) is 3.96. The molecule has 1 aromatic heterocycles. The van der Waals surface area contributed by atoms with Crippen LogP contribution in [-0.4, -0.2) is 58.8 Å². The molecule has 0 aromatic carbocycles. The SMILES string of the molecule is Cc1csc(NC(=O)C(F)(F)C(F)(F)C(F)(F)C(F)(F)C(F)(F)C(F)(F)C(F)(F)C(F)F)n1. The summed E-state index contributed by atoms with van der Waals surface area (Å²) in [4.78, 5) is 14.4. The molecule has 0 saturated carbocycles. The molecule has 0 fully saturated rings. The van der Waals surface area contributed by atoms with E-state index in [1.165, 1.54) is 0 Å². The zero-order chi connectivity index (χ0) is 26.6. The van der Waals surface area contributed by atoms with Gasteiger partial charge in [-0.25, -0.2) is 13.8 Å². The van der Waals surface area contributed by atoms with Crippen molar-refractivity contribution in [3.8, 4) is 0 Å². The highest BCUT2D eigenvalue weighted by molar-refractivity contribution is 7.13. The van der Waals surface area contributed by atoms with Crippen molar-refractivity contribution in [1.82, 2.24) is 4.98 Å². The lowest BCUT2D eigenvalue weighted by Gasteiger charge is -2.42. The lowest BCUT2D eigenvalue weighted by Crippen LogP contribution is -2.74. The summed E-state index contributed by atoms with van der Waals surface area (Å²) < 4.78 is 211. The van der Waals surface area contributed by atoms with Crippen LogP contribution in [0.2, 0.25) is 0 Å². The molecule has 0 atom stereocenters. The van der Waals surface area contributed by atoms with Crippen LogP contribution in [0.3, 0.4) is 0 Å². The van der Waals surface area contributed by atoms with Crippen LogP contribution < -0.4 is 5.32 Å². The van der Waals surface area contributed by atoms with Crippen LogP contribution in [0, 0.1) is 6.92 Å². The molecule has 0 unspecified atom stereocenters. The van der Waals surface area contributed by atoms with Gasteiger partial charge in [-0.05, 0) is 6.92 Å². The highest BCUT2D eigenvalue weighted by Gasteiger charge is 2.94. The molecule has 0 aliphatic carbocycles. The number of carbonyl (C=O) groups is 1. The average molecular weight is 542 g/mol. The normalized spacial score (nSPS) is 15.2. The second-order valence-corrected chi connectivity index (χ2v) is 6.98. The molecule has 0 aliphatic heterocycles. The van der Waals surface area contributed by atoms with E-state index in [9.17, 15) is 75.0 Å². The predicted octanol–water partition coefficient (Wildman–Crippen LogP) is 6.10. The third-order valence-electron chi connectivity index (χ3n) is 3.79. The number of rotatable bonds is 9. The molecule has 1 N–H and O–H groups in total. The van der Waals surface area contributed by atoms with Crippen molar-refractivity contribution in [3.05, 3.63) is 11.1 Å². The van der Waals surface area contributed by atoms with Gasteiger partial charge in [-0.15, -0.1) is 11.3 Å². The quantitative estimate of drug-likeness (QED) is 0.384. The standard InChI is InChI=1S/C13H6F16N2OS/c1-3-2-33-6(30-3)31-5(32)8(18,19)10(22,23)12(26,27)13(28,29)11(24,25)9(20,21)7(16,17)4(14)15/h2,4H,1H3,(H,30,31,32). The van der Waals surface area contributed by atoms with Crippen LogP contribution in [0.25, 0.3) is 0 Å². The van der Waals surface area contributed by atoms with Gasteiger partial charge >= 0.3 is 53.8 Å². The van der Waals surface area contributed by atoms with E-state index in [2.05, 4.69) is 4.98 Å². The van der Waals surface area contributed by atoms with E-state index >= 15 is 0 Å². The van der Waals surface area contributed by atoms with Crippen molar-refractivity contribution < 1.29 is 75.0 Å². The van der Waals surface area contributed by atoms with Gasteiger partial charge in [0.25, 0.3) is 0 Å². The number of alkyl halides is 16. The van der Waals surface area contributed by atoms with E-state index in [0.717, 1.165) is 17.6 Å². The number of nitrogens with zero attached hydrogens (tertiary/aromatic N) is 1. The maximum Gasteiger partial charge on any atom is 0.393 e. The molecule has 192 valence electrons. The molecule has 1 rings (SSSR count). The van der Waals surface area contributed by atoms with Gasteiger partial charge in [0.05, 0.1) is 5.69 Å². The smallest absolute Gasteiger partial charge is 0.296 e. The maximum atomic E-state index is 13.7. The summed E-state index contributed by atoms with van der Waals surface area (Å²) >= 11 is 0.200. The predicted molar refractivity (Wildman–Crippen MR) is 76.1 cm³/mol. The van der Waals surface area contributed by atoms with Gasteiger partial charge in [-0.2, -0.15) is 61.5 Å². The molecule has 1 amide bonds. The molecular formula is C13H6F16N2OS. The zero-order valence-corrected chi connectivity index (χ0v) is 15.8. The summed E-state index contributed by atoms with van der Waals surface area (Å²) in [7, 11) is 0. The van der Waals surface area contributed by atoms with Crippen molar-refractivity contribution in [3.63, 3.8) is 0 Å². The van der Waals surface area contributed by atoms with Crippen LogP contribution in [0.1, 0.15) is 5.69 Å². The number of nitrogens with one attached hydrogen (secondary N) is 1. The number of amides is 1. The first-order chi connectivity index (χ1) is 14.3. The molecule has 20 heteroatoms. The van der Waals surface area contributed by atoms with Gasteiger partial charge in [0.2, 0.25) is 0 Å². The number of carbonyl (C=O) groups excluding carboxylic acids is 1. The molecule has 0 saturated heterocycles. The summed E-state index contributed by atoms with van der Waals surface area (Å²) in [5.74, 6) is -59.7. The maximum absolute atomic E-state index is 13.7. The number of halogens is 16. The van der Waals surface area contributed by atoms with Crippen molar-refractivity contribution in [1.29, 1.82) is 0 Å². The van der Waals surface area contributed by atoms with Crippen molar-refractivity contribution in [2.24, 2.45) is 0 Å². The molecule has 0 bridgehead atoms. The largest absolute Gasteiger partial charge is 0.393 e. The van der Waals surface area contributed by atoms with Gasteiger partial charge in [0, 0.05) is 5.38 Å². The summed E-state index contributed by atoms with van der Waals surface area (Å²) in [6.45, 7) is 1.13. The Labute approximate surface area is 174 Å². The fourth-order valence-corrected chi connectivity index (χ4v) is 2.55. The number of aromatic nitrogens is 1. The lowest BCUT2D eigenvalue weighted by atomic mass is 9.89. The van der Waals surface area contributed by atoms with Crippen LogP contribution in [-0.2, 0) is 4.79 Å². The van der Waals surface area contributed by atoms with E-state index in [-0.39, 0.29) is 17.0 Å². The van der Waals surface area contributed by atoms with Gasteiger partial charge in [0.1, 0.15) is 0 Å². The molecule has 0 spiro atoms. The Morgan fingerprint density at radius 2 is 1.18 bits per heavy atom. The number of aryl methyl sites for hydroxylation is 1. The zero-order valence-electron chi connectivity index (χ0n) is 15.0. The van der Waals surface area contributed by atoms with E-state index in [1.54, 1.807) is 0 Å². The molecule has 3 nitrogen and oxygen atoms in total. The molecule has 0 aliphatic rings. The van der Waals surface area contributed by atoms with Gasteiger partial charge in [-0.1, -0.05) is 0 Å². The number of hydrogen-bond donors (Lipinski definition) is 1. The van der Waals surface area contributed by atoms with Crippen LogP contribution in [0.5, 0.6) is 0 Å². The van der Waals surface area contributed by atoms with Gasteiger partial charge in [-0.3, -0.25) is 10.1 Å². The fraction of sp³-hybridized carbons (Fsp3) is 0.692. The number of thiazole rings is 1. The highest BCUT2D eigenvalue weighted by Crippen LogP contribution is 2.62. The Hall–Kier alpha value is -2.02. The van der Waals surface area contributed by atoms with Crippen molar-refractivity contribution >= 4 is 22.4 Å². The van der Waals surface area contributed by atoms with Crippen LogP contribution in [0.15, 0.2) is 5.38 Å². The highest BCUT2D eigenvalue weighted by atomic mass is 32.1. The van der Waals surface area contributed by atoms with Crippen molar-refractivity contribution in [2.45, 2.75) is 54.8 Å². The Bertz CT molecular complexity index is 880. The Balaban J connectivity index is 3.53. The average Bonchev–Trinajstić information content (AvgIpc) is 3.05. The minimum absolute atomic E-state index is 0.0796. The third-order valence-corrected chi connectivity index (χ3v) is 4.66. The van der Waals surface area contributed by atoms with Crippen LogP contribution in [0.4, 0.5) is 75.4 Å². The number of hydrogen-bond acceptors (Lipinski definition) is 3. The Kier molecular flexibility index (Phi) is 7.06. The second kappa shape index (κ2) is 8.03. The molecule has 1 heterocycles. The first kappa shape index (κ1) is 29.0. The molecule has 33 heavy (non-hydrogen) atoms. The van der Waals surface area contributed by atoms with Gasteiger partial charge < -0.3 is 0 Å². The Morgan fingerprint density at radius 1 is 0.788 bits per heavy atom. The topological polar surface area (TPSA) is 42.0 Å². The fourth-order valence-electron chi connectivity index (χ4n) is 1.86. The number of anilines is 1. The summed E-state index contributed by atoms with van der Waals surface area (Å²) in [5.41, 5.74) is -0.0796. The lowest BCUT2D eigenvalue weighted by molar-refractivity contribution is -0.443.